The molecule has 1 amide bonds. The van der Waals surface area contributed by atoms with Gasteiger partial charge in [-0.2, -0.15) is 4.68 Å². The Morgan fingerprint density at radius 3 is 2.93 bits per heavy atom. The van der Waals surface area contributed by atoms with Crippen molar-refractivity contribution >= 4 is 23.3 Å². The van der Waals surface area contributed by atoms with Gasteiger partial charge < -0.3 is 10.1 Å². The van der Waals surface area contributed by atoms with Crippen molar-refractivity contribution in [2.75, 3.05) is 0 Å². The maximum atomic E-state index is 10.8. The zero-order valence-electron chi connectivity index (χ0n) is 6.81. The van der Waals surface area contributed by atoms with Gasteiger partial charge in [-0.1, -0.05) is 11.6 Å². The van der Waals surface area contributed by atoms with Crippen LogP contribution in [0.1, 0.15) is 0 Å². The van der Waals surface area contributed by atoms with Gasteiger partial charge in [0.25, 0.3) is 5.91 Å². The lowest BCUT2D eigenvalue weighted by Gasteiger charge is -1.94. The molecular weight excluding hydrogens is 214 g/mol. The van der Waals surface area contributed by atoms with E-state index in [9.17, 15) is 14.9 Å². The molecule has 0 fully saturated rings. The molecule has 0 aliphatic heterocycles. The number of hydrogen-bond acceptors (Lipinski definition) is 5. The Balaban J connectivity index is 2.86. The average Bonchev–Trinajstić information content (AvgIpc) is 2.46. The van der Waals surface area contributed by atoms with Crippen molar-refractivity contribution in [2.24, 2.45) is 5.84 Å². The summed E-state index contributed by atoms with van der Waals surface area (Å²) in [5, 5.41) is 13.7. The number of rotatable bonds is 3. The first kappa shape index (κ1) is 10.4. The van der Waals surface area contributed by atoms with E-state index in [1.807, 2.05) is 5.43 Å². The third-order valence-electron chi connectivity index (χ3n) is 1.34. The zero-order chi connectivity index (χ0) is 10.7. The summed E-state index contributed by atoms with van der Waals surface area (Å²) < 4.78 is 1.03. The molecule has 14 heavy (non-hydrogen) atoms. The van der Waals surface area contributed by atoms with Crippen molar-refractivity contribution in [3.05, 3.63) is 21.3 Å². The Bertz CT molecular complexity index is 375. The van der Waals surface area contributed by atoms with E-state index in [1.54, 1.807) is 0 Å². The number of amides is 1. The number of nitrogens with one attached hydrogen (secondary N) is 1. The molecule has 1 rings (SSSR count). The minimum atomic E-state index is -0.737. The minimum Gasteiger partial charge on any atom is -0.358 e. The van der Waals surface area contributed by atoms with Gasteiger partial charge in [0, 0.05) is 0 Å². The molecule has 0 aliphatic carbocycles. The topological polar surface area (TPSA) is 116 Å². The smallest absolute Gasteiger partial charge is 0.358 e. The fourth-order valence-electron chi connectivity index (χ4n) is 0.784. The number of hydrazine groups is 1. The Morgan fingerprint density at radius 1 is 1.86 bits per heavy atom. The number of nitro groups is 1. The molecule has 1 aromatic rings. The van der Waals surface area contributed by atoms with Crippen molar-refractivity contribution in [1.29, 1.82) is 0 Å². The predicted octanol–water partition coefficient (Wildman–Crippen LogP) is -0.565. The van der Waals surface area contributed by atoms with Gasteiger partial charge in [-0.25, -0.2) is 5.84 Å². The molecule has 8 nitrogen and oxygen atoms in total. The average molecular weight is 220 g/mol. The van der Waals surface area contributed by atoms with E-state index >= 15 is 0 Å². The van der Waals surface area contributed by atoms with Crippen LogP contribution in [0.2, 0.25) is 5.02 Å². The second kappa shape index (κ2) is 4.03. The summed E-state index contributed by atoms with van der Waals surface area (Å²) in [6.07, 6.45) is 1.18. The largest absolute Gasteiger partial charge is 0.408 e. The Labute approximate surface area is 82.7 Å². The van der Waals surface area contributed by atoms with E-state index in [0.717, 1.165) is 4.68 Å². The van der Waals surface area contributed by atoms with Crippen molar-refractivity contribution in [3.63, 3.8) is 0 Å². The second-order valence-corrected chi connectivity index (χ2v) is 2.73. The standard InChI is InChI=1S/C5H6ClN5O3/c6-3-1-10(2-4(12)8-7)9-5(3)11(13)14/h1H,2,7H2,(H,8,12). The second-order valence-electron chi connectivity index (χ2n) is 2.32. The third-order valence-corrected chi connectivity index (χ3v) is 1.61. The number of aromatic nitrogens is 2. The predicted molar refractivity (Wildman–Crippen MR) is 46.2 cm³/mol. The van der Waals surface area contributed by atoms with E-state index in [-0.39, 0.29) is 11.6 Å². The number of halogens is 1. The lowest BCUT2D eigenvalue weighted by Crippen LogP contribution is -2.33. The van der Waals surface area contributed by atoms with Crippen LogP contribution in [-0.2, 0) is 11.3 Å². The van der Waals surface area contributed by atoms with Gasteiger partial charge in [0.05, 0.1) is 11.3 Å². The highest BCUT2D eigenvalue weighted by Crippen LogP contribution is 2.20. The summed E-state index contributed by atoms with van der Waals surface area (Å²) in [7, 11) is 0. The van der Waals surface area contributed by atoms with Crippen LogP contribution >= 0.6 is 11.6 Å². The van der Waals surface area contributed by atoms with E-state index < -0.39 is 16.6 Å². The molecule has 76 valence electrons. The van der Waals surface area contributed by atoms with Crippen molar-refractivity contribution < 1.29 is 9.72 Å². The lowest BCUT2D eigenvalue weighted by atomic mass is 10.6. The maximum Gasteiger partial charge on any atom is 0.408 e. The molecule has 0 aromatic carbocycles. The van der Waals surface area contributed by atoms with Crippen molar-refractivity contribution in [3.8, 4) is 0 Å². The van der Waals surface area contributed by atoms with Crippen LogP contribution in [0.25, 0.3) is 0 Å². The highest BCUT2D eigenvalue weighted by atomic mass is 35.5. The van der Waals surface area contributed by atoms with Gasteiger partial charge in [-0.15, -0.1) is 0 Å². The van der Waals surface area contributed by atoms with E-state index in [1.165, 1.54) is 6.20 Å². The van der Waals surface area contributed by atoms with Crippen LogP contribution in [0, 0.1) is 10.1 Å². The summed E-state index contributed by atoms with van der Waals surface area (Å²) in [5.41, 5.74) is 1.86. The number of hydrogen-bond donors (Lipinski definition) is 2. The zero-order valence-corrected chi connectivity index (χ0v) is 7.56. The molecular formula is C5H6ClN5O3. The molecule has 0 aliphatic rings. The van der Waals surface area contributed by atoms with Crippen LogP contribution in [0.15, 0.2) is 6.20 Å². The summed E-state index contributed by atoms with van der Waals surface area (Å²) in [6.45, 7) is -0.218. The van der Waals surface area contributed by atoms with Crippen LogP contribution in [-0.4, -0.2) is 20.6 Å². The SMILES string of the molecule is NNC(=O)Cn1cc(Cl)c([N+](=O)[O-])n1. The van der Waals surface area contributed by atoms with Gasteiger partial charge in [-0.05, 0) is 4.92 Å². The number of carbonyl (C=O) groups is 1. The molecule has 0 radical (unpaired) electrons. The quantitative estimate of drug-likeness (QED) is 0.306. The van der Waals surface area contributed by atoms with E-state index in [0.29, 0.717) is 0 Å². The monoisotopic (exact) mass is 219 g/mol. The molecule has 1 aromatic heterocycles. The third kappa shape index (κ3) is 2.18. The van der Waals surface area contributed by atoms with Gasteiger partial charge in [0.15, 0.2) is 5.02 Å². The van der Waals surface area contributed by atoms with Gasteiger partial charge >= 0.3 is 5.82 Å². The summed E-state index contributed by atoms with van der Waals surface area (Å²) >= 11 is 5.48. The van der Waals surface area contributed by atoms with Crippen LogP contribution in [0.3, 0.4) is 0 Å². The highest BCUT2D eigenvalue weighted by molar-refractivity contribution is 6.32. The Morgan fingerprint density at radius 2 is 2.50 bits per heavy atom. The summed E-state index contributed by atoms with van der Waals surface area (Å²) in [5.74, 6) is 3.80. The first-order chi connectivity index (χ1) is 6.54. The molecule has 0 unspecified atom stereocenters. The molecule has 0 saturated carbocycles. The highest BCUT2D eigenvalue weighted by Gasteiger charge is 2.19. The number of nitrogens with two attached hydrogens (primary N) is 1. The lowest BCUT2D eigenvalue weighted by molar-refractivity contribution is -0.389. The minimum absolute atomic E-state index is 0.125. The number of nitrogens with zero attached hydrogens (tertiary/aromatic N) is 3. The molecule has 3 N–H and O–H groups in total. The van der Waals surface area contributed by atoms with Crippen molar-refractivity contribution in [2.45, 2.75) is 6.54 Å². The maximum absolute atomic E-state index is 10.8. The molecule has 0 bridgehead atoms. The molecule has 0 spiro atoms. The Hall–Kier alpha value is -1.67. The van der Waals surface area contributed by atoms with Gasteiger partial charge in [-0.3, -0.25) is 10.2 Å². The summed E-state index contributed by atoms with van der Waals surface area (Å²) in [4.78, 5) is 20.3. The fraction of sp³-hybridized carbons (Fsp3) is 0.200. The Kier molecular flexibility index (Phi) is 2.99. The van der Waals surface area contributed by atoms with Crippen LogP contribution in [0.5, 0.6) is 0 Å². The normalized spacial score (nSPS) is 9.86. The van der Waals surface area contributed by atoms with Crippen LogP contribution in [0.4, 0.5) is 5.82 Å². The molecule has 0 saturated heterocycles. The van der Waals surface area contributed by atoms with E-state index in [4.69, 9.17) is 17.4 Å². The first-order valence-corrected chi connectivity index (χ1v) is 3.79. The molecule has 1 heterocycles. The van der Waals surface area contributed by atoms with E-state index in [2.05, 4.69) is 5.10 Å². The van der Waals surface area contributed by atoms with Gasteiger partial charge in [0.1, 0.15) is 6.54 Å². The first-order valence-electron chi connectivity index (χ1n) is 3.41. The van der Waals surface area contributed by atoms with Gasteiger partial charge in [0.2, 0.25) is 0 Å². The molecule has 0 atom stereocenters. The summed E-state index contributed by atoms with van der Waals surface area (Å²) in [6, 6.07) is 0. The fourth-order valence-corrected chi connectivity index (χ4v) is 1.00. The van der Waals surface area contributed by atoms with Crippen LogP contribution < -0.4 is 11.3 Å². The molecule has 9 heteroatoms. The van der Waals surface area contributed by atoms with Crippen molar-refractivity contribution in [1.82, 2.24) is 15.2 Å². The number of carbonyl (C=O) groups excluding carboxylic acids is 1.